The fourth-order valence-electron chi connectivity index (χ4n) is 8.44. The maximum Gasteiger partial charge on any atom is 0.257 e. The van der Waals surface area contributed by atoms with Crippen LogP contribution in [0.3, 0.4) is 0 Å². The van der Waals surface area contributed by atoms with Gasteiger partial charge in [-0.15, -0.1) is 0 Å². The topological polar surface area (TPSA) is 164 Å². The number of nitrogens with one attached hydrogen (secondary N) is 1. The molecule has 0 spiro atoms. The normalized spacial score (nSPS) is 23.2. The fraction of sp³-hybridized carbons (Fsp3) is 0.750. The van der Waals surface area contributed by atoms with E-state index in [9.17, 15) is 19.2 Å². The van der Waals surface area contributed by atoms with Crippen LogP contribution in [0.2, 0.25) is 0 Å². The van der Waals surface area contributed by atoms with Gasteiger partial charge in [-0.05, 0) is 70.0 Å². The lowest BCUT2D eigenvalue weighted by Gasteiger charge is -2.43. The number of hydrazine groups is 1. The second kappa shape index (κ2) is 20.0. The standard InChI is InChI=1S/C40H69N7O6/c1-11-27(4)35(45(8)38(50)34(26(2)3)47(42)39(51)40(6)20-16-21-44(40)7)32(52-9)24-33(48)46-22-15-19-31(46)36(53-10)28(5)37(49)43-30(25-41)23-29-17-13-12-14-18-29/h12-14,17-18,26-28,30-32,34-36H,11,15-16,19-25,41-42H2,1-10H3,(H,43,49). The highest BCUT2D eigenvalue weighted by molar-refractivity contribution is 5.92. The second-order valence-corrected chi connectivity index (χ2v) is 15.9. The molecule has 0 saturated carbocycles. The largest absolute Gasteiger partial charge is 0.379 e. The molecule has 2 saturated heterocycles. The monoisotopic (exact) mass is 744 g/mol. The summed E-state index contributed by atoms with van der Waals surface area (Å²) < 4.78 is 12.0. The van der Waals surface area contributed by atoms with Crippen LogP contribution in [0.15, 0.2) is 30.3 Å². The minimum atomic E-state index is -0.900. The zero-order valence-corrected chi connectivity index (χ0v) is 34.0. The first-order valence-electron chi connectivity index (χ1n) is 19.5. The van der Waals surface area contributed by atoms with Gasteiger partial charge in [0.05, 0.1) is 42.2 Å². The van der Waals surface area contributed by atoms with Gasteiger partial charge in [0.1, 0.15) is 6.04 Å². The molecule has 0 radical (unpaired) electrons. The summed E-state index contributed by atoms with van der Waals surface area (Å²) in [6.07, 6.45) is 3.23. The molecule has 300 valence electrons. The molecular formula is C40H69N7O6. The molecule has 5 N–H and O–H groups in total. The summed E-state index contributed by atoms with van der Waals surface area (Å²) in [5, 5.41) is 4.25. The van der Waals surface area contributed by atoms with E-state index in [4.69, 9.17) is 21.1 Å². The molecule has 9 atom stereocenters. The number of rotatable bonds is 19. The van der Waals surface area contributed by atoms with Crippen molar-refractivity contribution in [2.45, 2.75) is 128 Å². The third-order valence-corrected chi connectivity index (χ3v) is 12.1. The van der Waals surface area contributed by atoms with E-state index in [-0.39, 0.29) is 54.0 Å². The highest BCUT2D eigenvalue weighted by Crippen LogP contribution is 2.32. The summed E-state index contributed by atoms with van der Waals surface area (Å²) in [5.41, 5.74) is 6.36. The highest BCUT2D eigenvalue weighted by atomic mass is 16.5. The Morgan fingerprint density at radius 1 is 1.04 bits per heavy atom. The molecule has 1 aromatic carbocycles. The molecule has 0 aromatic heterocycles. The Balaban J connectivity index is 1.78. The number of carbonyl (C=O) groups is 4. The van der Waals surface area contributed by atoms with Crippen molar-refractivity contribution >= 4 is 23.6 Å². The lowest BCUT2D eigenvalue weighted by molar-refractivity contribution is -0.157. The number of nitrogens with two attached hydrogens (primary N) is 2. The van der Waals surface area contributed by atoms with Crippen molar-refractivity contribution in [1.29, 1.82) is 0 Å². The first kappa shape index (κ1) is 44.3. The van der Waals surface area contributed by atoms with E-state index in [1.807, 2.05) is 88.7 Å². The summed E-state index contributed by atoms with van der Waals surface area (Å²) >= 11 is 0. The van der Waals surface area contributed by atoms with E-state index in [1.165, 1.54) is 0 Å². The first-order valence-corrected chi connectivity index (χ1v) is 19.5. The predicted octanol–water partition coefficient (Wildman–Crippen LogP) is 2.80. The van der Waals surface area contributed by atoms with Crippen LogP contribution >= 0.6 is 0 Å². The molecule has 2 fully saturated rings. The van der Waals surface area contributed by atoms with Gasteiger partial charge in [-0.1, -0.05) is 71.4 Å². The van der Waals surface area contributed by atoms with Crippen LogP contribution in [0.5, 0.6) is 0 Å². The Morgan fingerprint density at radius 3 is 2.23 bits per heavy atom. The second-order valence-electron chi connectivity index (χ2n) is 15.9. The van der Waals surface area contributed by atoms with Crippen LogP contribution in [0.1, 0.15) is 85.6 Å². The Labute approximate surface area is 318 Å². The van der Waals surface area contributed by atoms with Crippen molar-refractivity contribution in [2.24, 2.45) is 29.3 Å². The van der Waals surface area contributed by atoms with Gasteiger partial charge in [0, 0.05) is 40.4 Å². The number of hydrogen-bond acceptors (Lipinski definition) is 9. The number of likely N-dealkylation sites (tertiary alicyclic amines) is 2. The molecule has 53 heavy (non-hydrogen) atoms. The predicted molar refractivity (Wildman–Crippen MR) is 207 cm³/mol. The van der Waals surface area contributed by atoms with Crippen LogP contribution in [-0.2, 0) is 35.1 Å². The van der Waals surface area contributed by atoms with Crippen LogP contribution in [0.25, 0.3) is 0 Å². The van der Waals surface area contributed by atoms with Crippen molar-refractivity contribution in [2.75, 3.05) is 47.9 Å². The summed E-state index contributed by atoms with van der Waals surface area (Å²) in [5.74, 6) is 4.85. The van der Waals surface area contributed by atoms with Gasteiger partial charge in [-0.2, -0.15) is 0 Å². The van der Waals surface area contributed by atoms with E-state index in [0.29, 0.717) is 32.4 Å². The molecule has 13 nitrogen and oxygen atoms in total. The van der Waals surface area contributed by atoms with Crippen molar-refractivity contribution in [3.05, 3.63) is 35.9 Å². The smallest absolute Gasteiger partial charge is 0.257 e. The average molecular weight is 744 g/mol. The summed E-state index contributed by atoms with van der Waals surface area (Å²) in [4.78, 5) is 61.4. The quantitative estimate of drug-likeness (QED) is 0.110. The van der Waals surface area contributed by atoms with Crippen molar-refractivity contribution in [3.8, 4) is 0 Å². The third kappa shape index (κ3) is 10.4. The maximum absolute atomic E-state index is 14.4. The minimum Gasteiger partial charge on any atom is -0.379 e. The van der Waals surface area contributed by atoms with Crippen LogP contribution in [-0.4, -0.2) is 133 Å². The zero-order chi connectivity index (χ0) is 39.6. The van der Waals surface area contributed by atoms with E-state index in [1.54, 1.807) is 26.2 Å². The lowest BCUT2D eigenvalue weighted by atomic mass is 9.89. The summed E-state index contributed by atoms with van der Waals surface area (Å²) in [6, 6.07) is 7.98. The number of methoxy groups -OCH3 is 2. The van der Waals surface area contributed by atoms with Crippen LogP contribution in [0.4, 0.5) is 0 Å². The fourth-order valence-corrected chi connectivity index (χ4v) is 8.44. The average Bonchev–Trinajstić information content (AvgIpc) is 3.77. The van der Waals surface area contributed by atoms with Crippen molar-refractivity contribution in [1.82, 2.24) is 25.0 Å². The number of likely N-dealkylation sites (N-methyl/N-ethyl adjacent to an activating group) is 2. The van der Waals surface area contributed by atoms with E-state index < -0.39 is 35.7 Å². The Bertz CT molecular complexity index is 1350. The molecule has 0 bridgehead atoms. The van der Waals surface area contributed by atoms with E-state index >= 15 is 0 Å². The maximum atomic E-state index is 14.4. The van der Waals surface area contributed by atoms with Crippen LogP contribution in [0, 0.1) is 17.8 Å². The highest BCUT2D eigenvalue weighted by Gasteiger charge is 2.48. The van der Waals surface area contributed by atoms with E-state index in [2.05, 4.69) is 5.32 Å². The minimum absolute atomic E-state index is 0.0312. The molecule has 2 heterocycles. The van der Waals surface area contributed by atoms with Gasteiger partial charge in [0.25, 0.3) is 5.91 Å². The Hall–Kier alpha value is -3.10. The number of nitrogens with zero attached hydrogens (tertiary/aromatic N) is 4. The third-order valence-electron chi connectivity index (χ3n) is 12.1. The molecule has 3 rings (SSSR count). The summed E-state index contributed by atoms with van der Waals surface area (Å²) in [6.45, 7) is 13.2. The molecule has 9 unspecified atom stereocenters. The van der Waals surface area contributed by atoms with E-state index in [0.717, 1.165) is 36.4 Å². The number of amides is 4. The molecular weight excluding hydrogens is 674 g/mol. The molecule has 1 aromatic rings. The van der Waals surface area contributed by atoms with Crippen molar-refractivity contribution < 1.29 is 28.7 Å². The number of carbonyl (C=O) groups excluding carboxylic acids is 4. The van der Waals surface area contributed by atoms with Gasteiger partial charge in [0.15, 0.2) is 0 Å². The molecule has 4 amide bonds. The SMILES string of the molecule is CCC(C)C(C(CC(=O)N1CCCC1C(OC)C(C)C(=O)NC(CN)Cc1ccccc1)OC)N(C)C(=O)C(C(C)C)N(N)C(=O)C1(C)CCCN1C. The molecule has 0 aliphatic carbocycles. The lowest BCUT2D eigenvalue weighted by Crippen LogP contribution is -2.64. The number of hydrogen-bond donors (Lipinski definition) is 3. The molecule has 13 heteroatoms. The molecule has 2 aliphatic rings. The van der Waals surface area contributed by atoms with Crippen LogP contribution < -0.4 is 16.9 Å². The molecule has 2 aliphatic heterocycles. The number of ether oxygens (including phenoxy) is 2. The van der Waals surface area contributed by atoms with Crippen molar-refractivity contribution in [3.63, 3.8) is 0 Å². The van der Waals surface area contributed by atoms with Gasteiger partial charge >= 0.3 is 0 Å². The Morgan fingerprint density at radius 2 is 1.70 bits per heavy atom. The summed E-state index contributed by atoms with van der Waals surface area (Å²) in [7, 11) is 6.78. The first-order chi connectivity index (χ1) is 25.1. The Kier molecular flexibility index (Phi) is 16.7. The van der Waals surface area contributed by atoms with Gasteiger partial charge in [-0.3, -0.25) is 29.1 Å². The number of benzene rings is 1. The van der Waals surface area contributed by atoms with Gasteiger partial charge < -0.3 is 30.3 Å². The zero-order valence-electron chi connectivity index (χ0n) is 34.0. The van der Waals surface area contributed by atoms with Gasteiger partial charge in [-0.25, -0.2) is 5.84 Å². The van der Waals surface area contributed by atoms with Gasteiger partial charge in [0.2, 0.25) is 17.7 Å².